The molecule has 362 valence electrons. The van der Waals surface area contributed by atoms with Crippen molar-refractivity contribution in [2.45, 2.75) is 24.7 Å². The molecule has 1 saturated heterocycles. The van der Waals surface area contributed by atoms with Gasteiger partial charge in [-0.15, -0.1) is 22.7 Å². The smallest absolute Gasteiger partial charge is 0.419 e. The summed E-state index contributed by atoms with van der Waals surface area (Å²) in [6, 6.07) is 30.5. The molecule has 4 aromatic heterocycles. The lowest BCUT2D eigenvalue weighted by atomic mass is 9.94. The lowest BCUT2D eigenvalue weighted by Crippen LogP contribution is -2.50. The van der Waals surface area contributed by atoms with Crippen molar-refractivity contribution in [3.63, 3.8) is 0 Å². The Hall–Kier alpha value is -7.95. The van der Waals surface area contributed by atoms with E-state index in [1.165, 1.54) is 10.6 Å². The summed E-state index contributed by atoms with van der Waals surface area (Å²) >= 11 is 1.84. The number of carbonyl (C=O) groups is 1. The Morgan fingerprint density at radius 3 is 2.11 bits per heavy atom. The molecule has 22 heteroatoms. The molecule has 0 radical (unpaired) electrons. The maximum absolute atomic E-state index is 14.5. The highest BCUT2D eigenvalue weighted by atomic mass is 32.1. The Morgan fingerprint density at radius 2 is 1.42 bits per heavy atom. The average Bonchev–Trinajstić information content (AvgIpc) is 4.11. The third-order valence-corrected chi connectivity index (χ3v) is 14.9. The van der Waals surface area contributed by atoms with Crippen LogP contribution in [0.3, 0.4) is 0 Å². The molecule has 11 rings (SSSR count). The number of alkyl halides is 3. The molecule has 8 aromatic rings. The summed E-state index contributed by atoms with van der Waals surface area (Å²) in [5.74, 6) is -0.381. The van der Waals surface area contributed by atoms with Crippen molar-refractivity contribution < 1.29 is 27.4 Å². The van der Waals surface area contributed by atoms with Crippen LogP contribution in [0.15, 0.2) is 118 Å². The van der Waals surface area contributed by atoms with Gasteiger partial charge in [0.15, 0.2) is 11.6 Å². The number of thiophene rings is 2. The minimum Gasteiger partial charge on any atom is -0.490 e. The summed E-state index contributed by atoms with van der Waals surface area (Å²) in [5, 5.41) is 12.1. The normalized spacial score (nSPS) is 18.0. The molecule has 4 aromatic carbocycles. The zero-order valence-corrected chi connectivity index (χ0v) is 39.1. The van der Waals surface area contributed by atoms with Crippen LogP contribution in [0.1, 0.15) is 21.7 Å². The molecule has 3 unspecified atom stereocenters. The first-order valence-corrected chi connectivity index (χ1v) is 24.2. The maximum atomic E-state index is 14.5. The van der Waals surface area contributed by atoms with E-state index < -0.39 is 52.2 Å². The molecule has 1 amide bonds. The fourth-order valence-electron chi connectivity index (χ4n) is 9.69. The minimum atomic E-state index is -4.77. The van der Waals surface area contributed by atoms with Crippen molar-refractivity contribution in [1.29, 1.82) is 5.41 Å². The van der Waals surface area contributed by atoms with Gasteiger partial charge in [-0.25, -0.2) is 9.97 Å². The number of nitrogens with one attached hydrogen (secondary N) is 2. The number of aromatic nitrogens is 4. The van der Waals surface area contributed by atoms with Gasteiger partial charge in [0.05, 0.1) is 63.1 Å². The van der Waals surface area contributed by atoms with E-state index >= 15 is 0 Å². The lowest BCUT2D eigenvalue weighted by Gasteiger charge is -2.40. The van der Waals surface area contributed by atoms with Crippen LogP contribution in [0.4, 0.5) is 47.6 Å². The van der Waals surface area contributed by atoms with Crippen LogP contribution in [0.2, 0.25) is 0 Å². The number of nitrogen functional groups attached to an aromatic ring is 2. The van der Waals surface area contributed by atoms with Gasteiger partial charge in [-0.3, -0.25) is 28.9 Å². The molecule has 7 heterocycles. The third kappa shape index (κ3) is 8.31. The van der Waals surface area contributed by atoms with Crippen LogP contribution < -0.4 is 52.9 Å². The Kier molecular flexibility index (Phi) is 11.4. The van der Waals surface area contributed by atoms with Crippen LogP contribution in [0.25, 0.3) is 32.1 Å². The number of likely N-dealkylation sites (tertiary alicyclic amines) is 1. The van der Waals surface area contributed by atoms with Crippen LogP contribution >= 0.6 is 22.7 Å². The highest BCUT2D eigenvalue weighted by molar-refractivity contribution is 7.20. The largest absolute Gasteiger partial charge is 0.490 e. The van der Waals surface area contributed by atoms with E-state index in [1.807, 2.05) is 77.7 Å². The molecule has 3 atom stereocenters. The van der Waals surface area contributed by atoms with Crippen molar-refractivity contribution in [3.8, 4) is 22.9 Å². The summed E-state index contributed by atoms with van der Waals surface area (Å²) in [7, 11) is 0. The number of fused-ring (bicyclic) bond motifs is 4. The molecule has 3 aliphatic heterocycles. The van der Waals surface area contributed by atoms with Crippen molar-refractivity contribution in [1.82, 2.24) is 29.3 Å². The molecule has 0 saturated carbocycles. The van der Waals surface area contributed by atoms with E-state index in [-0.39, 0.29) is 39.5 Å². The number of carbonyl (C=O) groups excluding carboxylic acids is 1. The fraction of sp³-hybridized carbons (Fsp3) is 0.224. The standard InChI is InChI=1S/C49H43F3N12O5S2/c50-49(51,52)31-25-70-46-41(31)64(48(67)43(56)59-46)29-12-14-37-34(20-29)62(27-9-5-2-6-10-27)24-38(69-37)30-22-60(16-15-40(53)54)23-32(30)57-44(65)39-21-35-45(71-39)58-42(55)47(66)63(35)28-11-13-36-33(19-28)61(17-18-68-36)26-7-3-1-4-8-26/h1-14,19-21,25,30,32,38H,15-18,22-24H2,(H3,53,54)(H2,55,58)(H2,56,59)(H,57,65). The lowest BCUT2D eigenvalue weighted by molar-refractivity contribution is -0.136. The van der Waals surface area contributed by atoms with Gasteiger partial charge in [-0.05, 0) is 66.7 Å². The van der Waals surface area contributed by atoms with Gasteiger partial charge < -0.3 is 46.7 Å². The average molecular weight is 1000 g/mol. The van der Waals surface area contributed by atoms with Crippen molar-refractivity contribution in [2.75, 3.05) is 60.6 Å². The third-order valence-electron chi connectivity index (χ3n) is 13.0. The van der Waals surface area contributed by atoms with E-state index in [2.05, 4.69) is 25.1 Å². The van der Waals surface area contributed by atoms with E-state index in [4.69, 9.17) is 32.1 Å². The number of halogens is 3. The molecule has 71 heavy (non-hydrogen) atoms. The second-order valence-electron chi connectivity index (χ2n) is 17.4. The molecule has 0 bridgehead atoms. The van der Waals surface area contributed by atoms with Crippen molar-refractivity contribution in [3.05, 3.63) is 140 Å². The number of anilines is 6. The van der Waals surface area contributed by atoms with Gasteiger partial charge in [0, 0.05) is 54.8 Å². The summed E-state index contributed by atoms with van der Waals surface area (Å²) in [6.07, 6.45) is -5.05. The van der Waals surface area contributed by atoms with Gasteiger partial charge in [0.25, 0.3) is 17.0 Å². The monoisotopic (exact) mass is 1000 g/mol. The van der Waals surface area contributed by atoms with Crippen molar-refractivity contribution in [2.24, 2.45) is 11.7 Å². The molecule has 1 fully saturated rings. The Balaban J connectivity index is 0.933. The summed E-state index contributed by atoms with van der Waals surface area (Å²) in [4.78, 5) is 57.2. The number of benzene rings is 4. The Labute approximate surface area is 409 Å². The van der Waals surface area contributed by atoms with Crippen LogP contribution in [-0.4, -0.2) is 87.2 Å². The highest BCUT2D eigenvalue weighted by Crippen LogP contribution is 2.44. The zero-order chi connectivity index (χ0) is 49.3. The second kappa shape index (κ2) is 17.8. The fourth-order valence-corrected chi connectivity index (χ4v) is 11.6. The first kappa shape index (κ1) is 45.5. The molecule has 8 N–H and O–H groups in total. The molecule has 17 nitrogen and oxygen atoms in total. The topological polar surface area (TPSA) is 229 Å². The number of hydrogen-bond acceptors (Lipinski definition) is 15. The first-order chi connectivity index (χ1) is 34.2. The summed E-state index contributed by atoms with van der Waals surface area (Å²) in [5.41, 5.74) is 19.2. The van der Waals surface area contributed by atoms with E-state index in [1.54, 1.807) is 24.3 Å². The van der Waals surface area contributed by atoms with E-state index in [0.29, 0.717) is 72.4 Å². The molecule has 0 spiro atoms. The number of nitrogens with zero attached hydrogens (tertiary/aromatic N) is 7. The quantitative estimate of drug-likeness (QED) is 0.0697. The SMILES string of the molecule is N=C(N)CCN1CC(NC(=O)c2cc3c(nc(N)c(=O)n3-c3ccc4c(c3)N(c3ccccc3)CCO4)s2)C(C2CN(c3ccccc3)c3cc(-n4c(=O)c(N)nc5scc(C(F)(F)F)c54)ccc3O2)C1. The Morgan fingerprint density at radius 1 is 0.789 bits per heavy atom. The number of para-hydroxylation sites is 2. The van der Waals surface area contributed by atoms with Crippen LogP contribution in [-0.2, 0) is 6.18 Å². The zero-order valence-electron chi connectivity index (χ0n) is 37.4. The van der Waals surface area contributed by atoms with Gasteiger partial charge in [0.2, 0.25) is 0 Å². The number of hydrogen-bond donors (Lipinski definition) is 5. The number of nitrogens with two attached hydrogens (primary N) is 3. The van der Waals surface area contributed by atoms with Gasteiger partial charge in [0.1, 0.15) is 33.9 Å². The number of amides is 1. The second-order valence-corrected chi connectivity index (χ2v) is 19.3. The number of rotatable bonds is 10. The molecular formula is C49H43F3N12O5S2. The van der Waals surface area contributed by atoms with Gasteiger partial charge >= 0.3 is 6.18 Å². The predicted molar refractivity (Wildman–Crippen MR) is 269 cm³/mol. The van der Waals surface area contributed by atoms with E-state index in [9.17, 15) is 27.6 Å². The van der Waals surface area contributed by atoms with Crippen LogP contribution in [0.5, 0.6) is 11.5 Å². The van der Waals surface area contributed by atoms with Gasteiger partial charge in [-0.1, -0.05) is 36.4 Å². The summed E-state index contributed by atoms with van der Waals surface area (Å²) in [6.45, 7) is 2.58. The molecule has 0 aliphatic carbocycles. The van der Waals surface area contributed by atoms with E-state index in [0.717, 1.165) is 49.7 Å². The molecular weight excluding hydrogens is 958 g/mol. The predicted octanol–water partition coefficient (Wildman–Crippen LogP) is 6.88. The number of ether oxygens (including phenoxy) is 2. The van der Waals surface area contributed by atoms with Gasteiger partial charge in [-0.2, -0.15) is 13.2 Å². The highest BCUT2D eigenvalue weighted by Gasteiger charge is 2.44. The van der Waals surface area contributed by atoms with Crippen molar-refractivity contribution >= 4 is 89.5 Å². The van der Waals surface area contributed by atoms with Crippen LogP contribution in [0, 0.1) is 11.3 Å². The molecule has 3 aliphatic rings. The number of amidine groups is 1. The minimum absolute atomic E-state index is 0.0161. The first-order valence-electron chi connectivity index (χ1n) is 22.5. The Bertz CT molecular complexity index is 3530. The summed E-state index contributed by atoms with van der Waals surface area (Å²) < 4.78 is 58.2. The maximum Gasteiger partial charge on any atom is 0.419 e.